The van der Waals surface area contributed by atoms with E-state index in [-0.39, 0.29) is 0 Å². The molecule has 1 aromatic rings. The molecule has 0 N–H and O–H groups in total. The number of benzene rings is 1. The molecule has 0 spiro atoms. The fourth-order valence-electron chi connectivity index (χ4n) is 2.33. The van der Waals surface area contributed by atoms with Crippen LogP contribution in [0.25, 0.3) is 5.57 Å². The smallest absolute Gasteiger partial charge is 0.00828 e. The molecule has 0 atom stereocenters. The Labute approximate surface area is 92.3 Å². The Morgan fingerprint density at radius 2 is 1.73 bits per heavy atom. The summed E-state index contributed by atoms with van der Waals surface area (Å²) in [4.78, 5) is 0. The van der Waals surface area contributed by atoms with Gasteiger partial charge in [-0.15, -0.1) is 0 Å². The lowest BCUT2D eigenvalue weighted by Crippen LogP contribution is -1.93. The zero-order valence-electron chi connectivity index (χ0n) is 9.75. The van der Waals surface area contributed by atoms with E-state index in [1.807, 2.05) is 0 Å². The van der Waals surface area contributed by atoms with E-state index in [1.165, 1.54) is 22.3 Å². The van der Waals surface area contributed by atoms with E-state index < -0.39 is 0 Å². The van der Waals surface area contributed by atoms with Gasteiger partial charge < -0.3 is 0 Å². The fraction of sp³-hybridized carbons (Fsp3) is 0.333. The number of rotatable bonds is 2. The first-order chi connectivity index (χ1) is 7.20. The Morgan fingerprint density at radius 3 is 2.27 bits per heavy atom. The van der Waals surface area contributed by atoms with E-state index in [2.05, 4.69) is 57.2 Å². The molecule has 0 amide bonds. The zero-order chi connectivity index (χ0) is 10.8. The molecule has 0 aromatic heterocycles. The second-order valence-corrected chi connectivity index (χ2v) is 4.49. The minimum absolute atomic E-state index is 0.645. The third-order valence-corrected chi connectivity index (χ3v) is 3.16. The largest absolute Gasteiger partial charge is 0.0763 e. The van der Waals surface area contributed by atoms with Crippen molar-refractivity contribution in [2.24, 2.45) is 5.92 Å². The molecule has 2 rings (SSSR count). The molecule has 0 saturated heterocycles. The van der Waals surface area contributed by atoms with Crippen LogP contribution in [0.4, 0.5) is 0 Å². The van der Waals surface area contributed by atoms with Gasteiger partial charge in [0.2, 0.25) is 0 Å². The second-order valence-electron chi connectivity index (χ2n) is 4.49. The van der Waals surface area contributed by atoms with E-state index in [0.717, 1.165) is 6.42 Å². The van der Waals surface area contributed by atoms with Crippen LogP contribution in [-0.4, -0.2) is 0 Å². The van der Waals surface area contributed by atoms with Gasteiger partial charge in [0.25, 0.3) is 0 Å². The average molecular weight is 198 g/mol. The third-order valence-electron chi connectivity index (χ3n) is 3.16. The van der Waals surface area contributed by atoms with Gasteiger partial charge in [0.1, 0.15) is 0 Å². The molecular weight excluding hydrogens is 180 g/mol. The van der Waals surface area contributed by atoms with Crippen molar-refractivity contribution in [1.82, 2.24) is 0 Å². The highest BCUT2D eigenvalue weighted by molar-refractivity contribution is 5.76. The third kappa shape index (κ3) is 1.90. The van der Waals surface area contributed by atoms with Crippen molar-refractivity contribution in [2.75, 3.05) is 0 Å². The summed E-state index contributed by atoms with van der Waals surface area (Å²) in [6, 6.07) is 10.7. The maximum absolute atomic E-state index is 2.38. The van der Waals surface area contributed by atoms with Crippen LogP contribution in [0.5, 0.6) is 0 Å². The summed E-state index contributed by atoms with van der Waals surface area (Å²) in [5.74, 6) is 0.645. The van der Waals surface area contributed by atoms with Gasteiger partial charge in [-0.1, -0.05) is 50.3 Å². The Morgan fingerprint density at radius 1 is 1.07 bits per heavy atom. The Kier molecular flexibility index (Phi) is 2.77. The zero-order valence-corrected chi connectivity index (χ0v) is 9.75. The van der Waals surface area contributed by atoms with Crippen molar-refractivity contribution in [2.45, 2.75) is 27.2 Å². The van der Waals surface area contributed by atoms with Crippen LogP contribution in [0, 0.1) is 5.92 Å². The molecule has 0 aliphatic heterocycles. The van der Waals surface area contributed by atoms with Crippen molar-refractivity contribution >= 4 is 5.57 Å². The van der Waals surface area contributed by atoms with Crippen LogP contribution in [0.15, 0.2) is 47.6 Å². The molecule has 1 aromatic carbocycles. The van der Waals surface area contributed by atoms with E-state index in [4.69, 9.17) is 0 Å². The highest BCUT2D eigenvalue weighted by Crippen LogP contribution is 2.36. The molecule has 0 radical (unpaired) electrons. The molecule has 0 unspecified atom stereocenters. The molecule has 1 aliphatic carbocycles. The maximum atomic E-state index is 2.38. The standard InChI is InChI=1S/C15H18/c1-11(2)14-9-10-15(12(14)3)13-7-5-4-6-8-13/h4-9,11H,10H2,1-3H3. The van der Waals surface area contributed by atoms with Crippen LogP contribution >= 0.6 is 0 Å². The van der Waals surface area contributed by atoms with E-state index >= 15 is 0 Å². The van der Waals surface area contributed by atoms with Crippen molar-refractivity contribution in [3.8, 4) is 0 Å². The maximum Gasteiger partial charge on any atom is -0.00828 e. The van der Waals surface area contributed by atoms with Crippen molar-refractivity contribution < 1.29 is 0 Å². The fourth-order valence-corrected chi connectivity index (χ4v) is 2.33. The SMILES string of the molecule is CC1=C(c2ccccc2)CC=C1C(C)C. The monoisotopic (exact) mass is 198 g/mol. The molecule has 78 valence electrons. The van der Waals surface area contributed by atoms with Gasteiger partial charge in [0.05, 0.1) is 0 Å². The molecule has 15 heavy (non-hydrogen) atoms. The van der Waals surface area contributed by atoms with Gasteiger partial charge in [-0.05, 0) is 41.5 Å². The summed E-state index contributed by atoms with van der Waals surface area (Å²) >= 11 is 0. The first kappa shape index (κ1) is 10.2. The van der Waals surface area contributed by atoms with Crippen LogP contribution in [-0.2, 0) is 0 Å². The lowest BCUT2D eigenvalue weighted by molar-refractivity contribution is 0.780. The predicted octanol–water partition coefficient (Wildman–Crippen LogP) is 4.45. The number of hydrogen-bond donors (Lipinski definition) is 0. The van der Waals surface area contributed by atoms with Crippen molar-refractivity contribution in [1.29, 1.82) is 0 Å². The van der Waals surface area contributed by atoms with Gasteiger partial charge in [-0.3, -0.25) is 0 Å². The number of allylic oxidation sites excluding steroid dienone is 4. The quantitative estimate of drug-likeness (QED) is 0.658. The Balaban J connectivity index is 2.35. The van der Waals surface area contributed by atoms with E-state index in [9.17, 15) is 0 Å². The minimum atomic E-state index is 0.645. The van der Waals surface area contributed by atoms with E-state index in [0.29, 0.717) is 5.92 Å². The highest BCUT2D eigenvalue weighted by atomic mass is 14.2. The molecule has 0 fully saturated rings. The molecule has 0 heteroatoms. The van der Waals surface area contributed by atoms with Crippen LogP contribution in [0.1, 0.15) is 32.8 Å². The van der Waals surface area contributed by atoms with Gasteiger partial charge in [-0.25, -0.2) is 0 Å². The van der Waals surface area contributed by atoms with Crippen molar-refractivity contribution in [3.05, 3.63) is 53.1 Å². The molecule has 0 saturated carbocycles. The highest BCUT2D eigenvalue weighted by Gasteiger charge is 2.16. The molecule has 0 heterocycles. The lowest BCUT2D eigenvalue weighted by atomic mass is 9.95. The molecular formula is C15H18. The summed E-state index contributed by atoms with van der Waals surface area (Å²) < 4.78 is 0. The van der Waals surface area contributed by atoms with Gasteiger partial charge in [-0.2, -0.15) is 0 Å². The summed E-state index contributed by atoms with van der Waals surface area (Å²) in [7, 11) is 0. The van der Waals surface area contributed by atoms with Gasteiger partial charge in [0.15, 0.2) is 0 Å². The minimum Gasteiger partial charge on any atom is -0.0763 e. The van der Waals surface area contributed by atoms with Crippen LogP contribution in [0.3, 0.4) is 0 Å². The van der Waals surface area contributed by atoms with Crippen molar-refractivity contribution in [3.63, 3.8) is 0 Å². The van der Waals surface area contributed by atoms with Gasteiger partial charge >= 0.3 is 0 Å². The molecule has 0 nitrogen and oxygen atoms in total. The Hall–Kier alpha value is -1.30. The summed E-state index contributed by atoms with van der Waals surface area (Å²) in [5.41, 5.74) is 5.88. The topological polar surface area (TPSA) is 0 Å². The lowest BCUT2D eigenvalue weighted by Gasteiger charge is -2.10. The van der Waals surface area contributed by atoms with Gasteiger partial charge in [0, 0.05) is 0 Å². The average Bonchev–Trinajstić information content (AvgIpc) is 2.61. The summed E-state index contributed by atoms with van der Waals surface area (Å²) in [6.07, 6.45) is 3.48. The van der Waals surface area contributed by atoms with Crippen LogP contribution < -0.4 is 0 Å². The first-order valence-electron chi connectivity index (χ1n) is 5.65. The number of hydrogen-bond acceptors (Lipinski definition) is 0. The molecule has 1 aliphatic rings. The normalized spacial score (nSPS) is 16.1. The predicted molar refractivity (Wildman–Crippen MR) is 66.6 cm³/mol. The second kappa shape index (κ2) is 4.06. The summed E-state index contributed by atoms with van der Waals surface area (Å²) in [5, 5.41) is 0. The Bertz CT molecular complexity index is 405. The molecule has 0 bridgehead atoms. The summed E-state index contributed by atoms with van der Waals surface area (Å²) in [6.45, 7) is 6.79. The first-order valence-corrected chi connectivity index (χ1v) is 5.65. The van der Waals surface area contributed by atoms with E-state index in [1.54, 1.807) is 0 Å². The van der Waals surface area contributed by atoms with Crippen LogP contribution in [0.2, 0.25) is 0 Å².